The molecule has 0 radical (unpaired) electrons. The van der Waals surface area contributed by atoms with Crippen molar-refractivity contribution in [3.63, 3.8) is 0 Å². The van der Waals surface area contributed by atoms with Crippen LogP contribution in [0, 0.1) is 5.92 Å². The fraction of sp³-hybridized carbons (Fsp3) is 1.00. The second-order valence-electron chi connectivity index (χ2n) is 4.17. The van der Waals surface area contributed by atoms with E-state index in [2.05, 4.69) is 25.7 Å². The summed E-state index contributed by atoms with van der Waals surface area (Å²) in [4.78, 5) is 2.07. The van der Waals surface area contributed by atoms with E-state index in [-0.39, 0.29) is 11.5 Å². The second kappa shape index (κ2) is 2.70. The molecule has 1 nitrogen and oxygen atoms in total. The molecule has 1 saturated heterocycles. The minimum atomic E-state index is -2.13. The van der Waals surface area contributed by atoms with Gasteiger partial charge in [0, 0.05) is 24.5 Å². The molecule has 0 aromatic heterocycles. The van der Waals surface area contributed by atoms with Crippen molar-refractivity contribution in [3.8, 4) is 0 Å². The fourth-order valence-electron chi connectivity index (χ4n) is 1.22. The quantitative estimate of drug-likeness (QED) is 0.571. The summed E-state index contributed by atoms with van der Waals surface area (Å²) in [6.45, 7) is 7.26. The van der Waals surface area contributed by atoms with Crippen molar-refractivity contribution in [3.05, 3.63) is 0 Å². The Morgan fingerprint density at radius 3 is 2.00 bits per heavy atom. The van der Waals surface area contributed by atoms with Crippen molar-refractivity contribution in [2.75, 3.05) is 13.1 Å². The zero-order valence-corrected chi connectivity index (χ0v) is 7.27. The van der Waals surface area contributed by atoms with Crippen molar-refractivity contribution >= 4 is 0 Å². The van der Waals surface area contributed by atoms with Crippen LogP contribution in [0.15, 0.2) is 0 Å². The Bertz CT molecular complexity index is 134. The average Bonchev–Trinajstić information content (AvgIpc) is 1.51. The Balaban J connectivity index is 2.30. The lowest BCUT2D eigenvalue weighted by Gasteiger charge is -2.47. The van der Waals surface area contributed by atoms with Gasteiger partial charge >= 0.3 is 0 Å². The van der Waals surface area contributed by atoms with Crippen LogP contribution in [0.2, 0.25) is 0 Å². The normalized spacial score (nSPS) is 22.4. The summed E-state index contributed by atoms with van der Waals surface area (Å²) in [5.41, 5.74) is 0.0609. The van der Waals surface area contributed by atoms with E-state index >= 15 is 0 Å². The van der Waals surface area contributed by atoms with Crippen molar-refractivity contribution in [1.82, 2.24) is 4.90 Å². The van der Waals surface area contributed by atoms with E-state index in [0.717, 1.165) is 0 Å². The van der Waals surface area contributed by atoms with E-state index in [1.165, 1.54) is 0 Å². The van der Waals surface area contributed by atoms with Crippen LogP contribution in [0.1, 0.15) is 20.8 Å². The van der Waals surface area contributed by atoms with Gasteiger partial charge in [-0.25, -0.2) is 8.78 Å². The largest absolute Gasteiger partial charge is 0.297 e. The van der Waals surface area contributed by atoms with Gasteiger partial charge < -0.3 is 0 Å². The summed E-state index contributed by atoms with van der Waals surface area (Å²) < 4.78 is 24.0. The van der Waals surface area contributed by atoms with E-state index in [1.807, 2.05) is 0 Å². The Morgan fingerprint density at radius 2 is 1.73 bits per heavy atom. The van der Waals surface area contributed by atoms with E-state index in [1.54, 1.807) is 0 Å². The number of alkyl halides is 2. The first-order chi connectivity index (χ1) is 4.91. The highest BCUT2D eigenvalue weighted by molar-refractivity contribution is 4.89. The van der Waals surface area contributed by atoms with Gasteiger partial charge in [-0.2, -0.15) is 0 Å². The first kappa shape index (κ1) is 8.91. The SMILES string of the molecule is CC(C)(C)N1CC(C(F)F)C1. The molecular formula is C8H15F2N. The molecule has 1 aliphatic rings. The lowest BCUT2D eigenvalue weighted by molar-refractivity contribution is -0.0630. The highest BCUT2D eigenvalue weighted by Gasteiger charge is 2.38. The number of likely N-dealkylation sites (tertiary alicyclic amines) is 1. The highest BCUT2D eigenvalue weighted by Crippen LogP contribution is 2.28. The van der Waals surface area contributed by atoms with Gasteiger partial charge in [0.15, 0.2) is 0 Å². The van der Waals surface area contributed by atoms with E-state index in [0.29, 0.717) is 13.1 Å². The third-order valence-corrected chi connectivity index (χ3v) is 2.21. The molecule has 0 aromatic rings. The summed E-state index contributed by atoms with van der Waals surface area (Å²) in [5.74, 6) is -0.380. The maximum absolute atomic E-state index is 12.0. The van der Waals surface area contributed by atoms with Gasteiger partial charge in [0.1, 0.15) is 0 Å². The van der Waals surface area contributed by atoms with Gasteiger partial charge in [0.25, 0.3) is 0 Å². The Kier molecular flexibility index (Phi) is 2.19. The smallest absolute Gasteiger partial charge is 0.243 e. The molecule has 0 unspecified atom stereocenters. The number of hydrogen-bond acceptors (Lipinski definition) is 1. The molecule has 0 bridgehead atoms. The van der Waals surface area contributed by atoms with E-state index < -0.39 is 6.43 Å². The van der Waals surface area contributed by atoms with Crippen LogP contribution < -0.4 is 0 Å². The van der Waals surface area contributed by atoms with Crippen molar-refractivity contribution in [1.29, 1.82) is 0 Å². The topological polar surface area (TPSA) is 3.24 Å². The molecular weight excluding hydrogens is 148 g/mol. The summed E-state index contributed by atoms with van der Waals surface area (Å²) in [6.07, 6.45) is -2.13. The molecule has 0 N–H and O–H groups in total. The molecule has 1 rings (SSSR count). The van der Waals surface area contributed by atoms with Gasteiger partial charge in [0.2, 0.25) is 6.43 Å². The molecule has 0 saturated carbocycles. The molecule has 66 valence electrons. The predicted molar refractivity (Wildman–Crippen MR) is 40.8 cm³/mol. The Labute approximate surface area is 66.4 Å². The molecule has 0 spiro atoms. The van der Waals surface area contributed by atoms with Crippen LogP contribution in [0.5, 0.6) is 0 Å². The number of rotatable bonds is 1. The van der Waals surface area contributed by atoms with Crippen molar-refractivity contribution < 1.29 is 8.78 Å². The van der Waals surface area contributed by atoms with Gasteiger partial charge in [-0.05, 0) is 20.8 Å². The maximum atomic E-state index is 12.0. The average molecular weight is 163 g/mol. The first-order valence-electron chi connectivity index (χ1n) is 3.94. The molecule has 1 heterocycles. The van der Waals surface area contributed by atoms with Crippen LogP contribution in [0.3, 0.4) is 0 Å². The second-order valence-corrected chi connectivity index (χ2v) is 4.17. The third kappa shape index (κ3) is 1.89. The highest BCUT2D eigenvalue weighted by atomic mass is 19.3. The number of halogens is 2. The Morgan fingerprint density at radius 1 is 1.27 bits per heavy atom. The van der Waals surface area contributed by atoms with Crippen LogP contribution >= 0.6 is 0 Å². The monoisotopic (exact) mass is 163 g/mol. The molecule has 1 fully saturated rings. The van der Waals surface area contributed by atoms with Gasteiger partial charge in [-0.15, -0.1) is 0 Å². The standard InChI is InChI=1S/C8H15F2N/c1-8(2,3)11-4-6(5-11)7(9)10/h6-7H,4-5H2,1-3H3. The van der Waals surface area contributed by atoms with Gasteiger partial charge in [-0.3, -0.25) is 4.90 Å². The zero-order valence-electron chi connectivity index (χ0n) is 7.27. The maximum Gasteiger partial charge on any atom is 0.243 e. The Hall–Kier alpha value is -0.180. The fourth-order valence-corrected chi connectivity index (χ4v) is 1.22. The van der Waals surface area contributed by atoms with E-state index in [4.69, 9.17) is 0 Å². The van der Waals surface area contributed by atoms with Crippen LogP contribution in [0.25, 0.3) is 0 Å². The summed E-state index contributed by atoms with van der Waals surface area (Å²) >= 11 is 0. The van der Waals surface area contributed by atoms with Crippen LogP contribution in [0.4, 0.5) is 8.78 Å². The molecule has 3 heteroatoms. The lowest BCUT2D eigenvalue weighted by atomic mass is 9.93. The third-order valence-electron chi connectivity index (χ3n) is 2.21. The summed E-state index contributed by atoms with van der Waals surface area (Å²) in [6, 6.07) is 0. The molecule has 0 amide bonds. The van der Waals surface area contributed by atoms with E-state index in [9.17, 15) is 8.78 Å². The first-order valence-corrected chi connectivity index (χ1v) is 3.94. The summed E-state index contributed by atoms with van der Waals surface area (Å²) in [7, 11) is 0. The van der Waals surface area contributed by atoms with Gasteiger partial charge in [0.05, 0.1) is 0 Å². The molecule has 11 heavy (non-hydrogen) atoms. The molecule has 0 aliphatic carbocycles. The van der Waals surface area contributed by atoms with Crippen LogP contribution in [-0.4, -0.2) is 30.0 Å². The van der Waals surface area contributed by atoms with Gasteiger partial charge in [-0.1, -0.05) is 0 Å². The van der Waals surface area contributed by atoms with Crippen molar-refractivity contribution in [2.24, 2.45) is 5.92 Å². The molecule has 0 atom stereocenters. The number of hydrogen-bond donors (Lipinski definition) is 0. The minimum absolute atomic E-state index is 0.0609. The summed E-state index contributed by atoms with van der Waals surface area (Å²) in [5, 5.41) is 0. The minimum Gasteiger partial charge on any atom is -0.297 e. The molecule has 1 aliphatic heterocycles. The zero-order chi connectivity index (χ0) is 8.65. The number of nitrogens with zero attached hydrogens (tertiary/aromatic N) is 1. The molecule has 0 aromatic carbocycles. The van der Waals surface area contributed by atoms with Crippen LogP contribution in [-0.2, 0) is 0 Å². The lowest BCUT2D eigenvalue weighted by Crippen LogP contribution is -2.57. The predicted octanol–water partition coefficient (Wildman–Crippen LogP) is 1.98. The van der Waals surface area contributed by atoms with Crippen molar-refractivity contribution in [2.45, 2.75) is 32.7 Å².